The highest BCUT2D eigenvalue weighted by Gasteiger charge is 2.53. The molecule has 44 heavy (non-hydrogen) atoms. The molecule has 2 aromatic carbocycles. The summed E-state index contributed by atoms with van der Waals surface area (Å²) in [7, 11) is 0. The van der Waals surface area contributed by atoms with Crippen molar-refractivity contribution < 1.29 is 9.53 Å². The summed E-state index contributed by atoms with van der Waals surface area (Å²) in [6.07, 6.45) is 16.3. The third kappa shape index (κ3) is 6.33. The Morgan fingerprint density at radius 1 is 0.795 bits per heavy atom. The zero-order valence-corrected chi connectivity index (χ0v) is 27.1. The fourth-order valence-electron chi connectivity index (χ4n) is 10.5. The highest BCUT2D eigenvalue weighted by Crippen LogP contribution is 2.53. The van der Waals surface area contributed by atoms with Crippen molar-refractivity contribution in [3.05, 3.63) is 71.8 Å². The van der Waals surface area contributed by atoms with Crippen molar-refractivity contribution in [1.29, 1.82) is 0 Å². The van der Waals surface area contributed by atoms with E-state index in [4.69, 9.17) is 4.74 Å². The van der Waals surface area contributed by atoms with Gasteiger partial charge in [0.15, 0.2) is 0 Å². The molecule has 5 nitrogen and oxygen atoms in total. The third-order valence-electron chi connectivity index (χ3n) is 12.5. The number of nitrogens with zero attached hydrogens (tertiary/aromatic N) is 3. The van der Waals surface area contributed by atoms with E-state index in [9.17, 15) is 4.79 Å². The van der Waals surface area contributed by atoms with Gasteiger partial charge in [-0.05, 0) is 93.1 Å². The van der Waals surface area contributed by atoms with Gasteiger partial charge in [-0.15, -0.1) is 0 Å². The molecule has 3 saturated carbocycles. The first-order valence-corrected chi connectivity index (χ1v) is 18.2. The van der Waals surface area contributed by atoms with E-state index in [1.165, 1.54) is 70.8 Å². The quantitative estimate of drug-likeness (QED) is 0.308. The summed E-state index contributed by atoms with van der Waals surface area (Å²) in [5.74, 6) is 3.32. The van der Waals surface area contributed by atoms with Crippen LogP contribution in [0.5, 0.6) is 0 Å². The van der Waals surface area contributed by atoms with Crippen LogP contribution in [0.4, 0.5) is 4.79 Å². The second-order valence-corrected chi connectivity index (χ2v) is 14.7. The number of hydrogen-bond acceptors (Lipinski definition) is 4. The number of benzene rings is 2. The summed E-state index contributed by atoms with van der Waals surface area (Å²) in [6, 6.07) is 24.3. The molecule has 7 atom stereocenters. The van der Waals surface area contributed by atoms with Crippen LogP contribution >= 0.6 is 0 Å². The largest absolute Gasteiger partial charge is 0.445 e. The number of hydrogen-bond donors (Lipinski definition) is 0. The van der Waals surface area contributed by atoms with Crippen molar-refractivity contribution in [2.45, 2.75) is 121 Å². The van der Waals surface area contributed by atoms with Crippen LogP contribution in [0, 0.1) is 17.8 Å². The summed E-state index contributed by atoms with van der Waals surface area (Å²) >= 11 is 0. The number of amides is 1. The van der Waals surface area contributed by atoms with Crippen LogP contribution in [-0.2, 0) is 11.3 Å². The average molecular weight is 598 g/mol. The van der Waals surface area contributed by atoms with Gasteiger partial charge in [0.25, 0.3) is 0 Å². The molecule has 7 unspecified atom stereocenters. The second-order valence-electron chi connectivity index (χ2n) is 14.7. The maximum atomic E-state index is 13.1. The SMILES string of the molecule is CCN(C(=O)OCc1ccccc1)C1CCN(CC2CC(N3C4CCCCC4C4CCCCC43)CC2c2ccccc2)CC1. The minimum absolute atomic E-state index is 0.162. The van der Waals surface area contributed by atoms with Crippen LogP contribution < -0.4 is 0 Å². The van der Waals surface area contributed by atoms with E-state index in [1.54, 1.807) is 5.56 Å². The first-order chi connectivity index (χ1) is 21.7. The highest BCUT2D eigenvalue weighted by molar-refractivity contribution is 5.68. The molecule has 5 heteroatoms. The molecule has 7 rings (SSSR count). The van der Waals surface area contributed by atoms with Crippen LogP contribution in [-0.4, -0.2) is 71.1 Å². The molecular formula is C39H55N3O2. The zero-order chi connectivity index (χ0) is 29.9. The summed E-state index contributed by atoms with van der Waals surface area (Å²) < 4.78 is 5.74. The van der Waals surface area contributed by atoms with Gasteiger partial charge in [-0.1, -0.05) is 86.3 Å². The van der Waals surface area contributed by atoms with Gasteiger partial charge in [-0.2, -0.15) is 0 Å². The fourth-order valence-corrected chi connectivity index (χ4v) is 10.5. The van der Waals surface area contributed by atoms with Crippen molar-refractivity contribution in [2.75, 3.05) is 26.2 Å². The lowest BCUT2D eigenvalue weighted by molar-refractivity contribution is 0.0590. The Kier molecular flexibility index (Phi) is 9.61. The van der Waals surface area contributed by atoms with Crippen molar-refractivity contribution in [1.82, 2.24) is 14.7 Å². The smallest absolute Gasteiger partial charge is 0.410 e. The number of carbonyl (C=O) groups excluding carboxylic acids is 1. The van der Waals surface area contributed by atoms with Crippen molar-refractivity contribution in [3.63, 3.8) is 0 Å². The Labute approximate surface area is 266 Å². The molecule has 2 saturated heterocycles. The Hall–Kier alpha value is -2.37. The first kappa shape index (κ1) is 30.3. The number of ether oxygens (including phenoxy) is 1. The van der Waals surface area contributed by atoms with Crippen molar-refractivity contribution in [2.24, 2.45) is 17.8 Å². The molecule has 0 aromatic heterocycles. The number of carbonyl (C=O) groups is 1. The lowest BCUT2D eigenvalue weighted by Crippen LogP contribution is -2.48. The normalized spacial score (nSPS) is 33.1. The van der Waals surface area contributed by atoms with Crippen LogP contribution in [0.3, 0.4) is 0 Å². The van der Waals surface area contributed by atoms with Crippen LogP contribution in [0.15, 0.2) is 60.7 Å². The Bertz CT molecular complexity index is 1180. The molecule has 238 valence electrons. The van der Waals surface area contributed by atoms with E-state index >= 15 is 0 Å². The van der Waals surface area contributed by atoms with Crippen LogP contribution in [0.25, 0.3) is 0 Å². The topological polar surface area (TPSA) is 36.0 Å². The standard InChI is InChI=1S/C39H55N3O2/c1-2-41(39(43)44-28-29-13-5-3-6-14-29)32-21-23-40(24-22-32)27-31-25-33(26-36(31)30-15-7-4-8-16-30)42-37-19-11-9-17-34(37)35-18-10-12-20-38(35)42/h3-8,13-16,31-38H,2,9-12,17-28H2,1H3. The van der Waals surface area contributed by atoms with Gasteiger partial charge in [-0.25, -0.2) is 4.79 Å². The van der Waals surface area contributed by atoms with E-state index in [0.29, 0.717) is 25.0 Å². The van der Waals surface area contributed by atoms with Gasteiger partial charge in [-0.3, -0.25) is 4.90 Å². The molecule has 5 aliphatic rings. The predicted molar refractivity (Wildman–Crippen MR) is 177 cm³/mol. The molecule has 2 aromatic rings. The van der Waals surface area contributed by atoms with Gasteiger partial charge in [0.05, 0.1) is 0 Å². The Morgan fingerprint density at radius 3 is 2.05 bits per heavy atom. The van der Waals surface area contributed by atoms with E-state index < -0.39 is 0 Å². The summed E-state index contributed by atoms with van der Waals surface area (Å²) in [6.45, 7) is 6.50. The Morgan fingerprint density at radius 2 is 1.41 bits per heavy atom. The minimum Gasteiger partial charge on any atom is -0.445 e. The number of piperidine rings is 1. The van der Waals surface area contributed by atoms with Crippen molar-refractivity contribution in [3.8, 4) is 0 Å². The van der Waals surface area contributed by atoms with Gasteiger partial charge >= 0.3 is 6.09 Å². The van der Waals surface area contributed by atoms with E-state index in [0.717, 1.165) is 61.5 Å². The molecule has 0 spiro atoms. The predicted octanol–water partition coefficient (Wildman–Crippen LogP) is 8.11. The van der Waals surface area contributed by atoms with Crippen LogP contribution in [0.1, 0.15) is 101 Å². The first-order valence-electron chi connectivity index (χ1n) is 18.2. The fraction of sp³-hybridized carbons (Fsp3) is 0.667. The molecule has 3 aliphatic carbocycles. The molecule has 2 aliphatic heterocycles. The Balaban J connectivity index is 0.999. The lowest BCUT2D eigenvalue weighted by atomic mass is 9.73. The van der Waals surface area contributed by atoms with Gasteiger partial charge < -0.3 is 14.5 Å². The molecule has 0 radical (unpaired) electrons. The zero-order valence-electron chi connectivity index (χ0n) is 27.1. The van der Waals surface area contributed by atoms with E-state index in [-0.39, 0.29) is 12.1 Å². The maximum Gasteiger partial charge on any atom is 0.410 e. The monoisotopic (exact) mass is 597 g/mol. The summed E-state index contributed by atoms with van der Waals surface area (Å²) in [5, 5.41) is 0. The third-order valence-corrected chi connectivity index (χ3v) is 12.5. The number of fused-ring (bicyclic) bond motifs is 3. The average Bonchev–Trinajstić information content (AvgIpc) is 3.64. The molecular weight excluding hydrogens is 542 g/mol. The van der Waals surface area contributed by atoms with Gasteiger partial charge in [0.2, 0.25) is 0 Å². The molecule has 1 amide bonds. The second kappa shape index (κ2) is 14.0. The molecule has 0 bridgehead atoms. The summed E-state index contributed by atoms with van der Waals surface area (Å²) in [4.78, 5) is 20.9. The molecule has 0 N–H and O–H groups in total. The maximum absolute atomic E-state index is 13.1. The highest BCUT2D eigenvalue weighted by atomic mass is 16.6. The molecule has 2 heterocycles. The lowest BCUT2D eigenvalue weighted by Gasteiger charge is -2.40. The summed E-state index contributed by atoms with van der Waals surface area (Å²) in [5.41, 5.74) is 2.61. The van der Waals surface area contributed by atoms with Crippen LogP contribution in [0.2, 0.25) is 0 Å². The number of rotatable bonds is 8. The van der Waals surface area contributed by atoms with Gasteiger partial charge in [0, 0.05) is 50.3 Å². The van der Waals surface area contributed by atoms with Crippen molar-refractivity contribution >= 4 is 6.09 Å². The van der Waals surface area contributed by atoms with E-state index in [1.807, 2.05) is 35.2 Å². The van der Waals surface area contributed by atoms with Gasteiger partial charge in [0.1, 0.15) is 6.61 Å². The van der Waals surface area contributed by atoms with E-state index in [2.05, 4.69) is 47.1 Å². The molecule has 5 fully saturated rings. The minimum atomic E-state index is -0.162. The number of likely N-dealkylation sites (tertiary alicyclic amines) is 2.